The summed E-state index contributed by atoms with van der Waals surface area (Å²) in [5, 5.41) is 4.51. The van der Waals surface area contributed by atoms with Gasteiger partial charge in [0.25, 0.3) is 10.0 Å². The Bertz CT molecular complexity index is 814. The van der Waals surface area contributed by atoms with E-state index in [0.717, 1.165) is 22.6 Å². The summed E-state index contributed by atoms with van der Waals surface area (Å²) in [6, 6.07) is 10.2. The molecule has 0 radical (unpaired) electrons. The Morgan fingerprint density at radius 2 is 1.81 bits per heavy atom. The molecule has 142 valence electrons. The van der Waals surface area contributed by atoms with Crippen LogP contribution in [0, 0.1) is 5.92 Å². The van der Waals surface area contributed by atoms with E-state index >= 15 is 0 Å². The molecule has 26 heavy (non-hydrogen) atoms. The van der Waals surface area contributed by atoms with Crippen LogP contribution in [0.4, 0.5) is 5.69 Å². The zero-order valence-electron chi connectivity index (χ0n) is 15.4. The zero-order valence-corrected chi connectivity index (χ0v) is 17.0. The van der Waals surface area contributed by atoms with Crippen molar-refractivity contribution in [2.24, 2.45) is 5.92 Å². The summed E-state index contributed by atoms with van der Waals surface area (Å²) in [6.07, 6.45) is 0. The SMILES string of the molecule is CC(C)C(NS(=O)(=O)c1cccs1)C(=O)NCc1ccc(N(C)C)cc1. The van der Waals surface area contributed by atoms with Crippen molar-refractivity contribution < 1.29 is 13.2 Å². The maximum absolute atomic E-state index is 12.5. The Kier molecular flexibility index (Phi) is 6.80. The first-order chi connectivity index (χ1) is 12.2. The van der Waals surface area contributed by atoms with Crippen molar-refractivity contribution in [3.63, 3.8) is 0 Å². The van der Waals surface area contributed by atoms with Gasteiger partial charge in [-0.05, 0) is 35.1 Å². The van der Waals surface area contributed by atoms with E-state index in [9.17, 15) is 13.2 Å². The molecule has 1 amide bonds. The normalized spacial score (nSPS) is 12.8. The molecule has 6 nitrogen and oxygen atoms in total. The van der Waals surface area contributed by atoms with Crippen LogP contribution in [-0.4, -0.2) is 34.5 Å². The van der Waals surface area contributed by atoms with E-state index in [4.69, 9.17) is 0 Å². The highest BCUT2D eigenvalue weighted by atomic mass is 32.2. The number of carbonyl (C=O) groups excluding carboxylic acids is 1. The third kappa shape index (κ3) is 5.30. The van der Waals surface area contributed by atoms with Crippen LogP contribution in [0.15, 0.2) is 46.0 Å². The van der Waals surface area contributed by atoms with Crippen LogP contribution in [0.3, 0.4) is 0 Å². The lowest BCUT2D eigenvalue weighted by Crippen LogP contribution is -2.49. The second-order valence-electron chi connectivity index (χ2n) is 6.55. The van der Waals surface area contributed by atoms with Crippen LogP contribution in [0.1, 0.15) is 19.4 Å². The third-order valence-corrected chi connectivity index (χ3v) is 6.75. The molecule has 1 heterocycles. The lowest BCUT2D eigenvalue weighted by atomic mass is 10.0. The Hall–Kier alpha value is -1.90. The predicted octanol–water partition coefficient (Wildman–Crippen LogP) is 2.43. The first-order valence-electron chi connectivity index (χ1n) is 8.30. The summed E-state index contributed by atoms with van der Waals surface area (Å²) in [6.45, 7) is 3.97. The molecule has 1 atom stereocenters. The summed E-state index contributed by atoms with van der Waals surface area (Å²) in [5.74, 6) is -0.516. The average molecular weight is 396 g/mol. The molecular weight excluding hydrogens is 370 g/mol. The van der Waals surface area contributed by atoms with Gasteiger partial charge in [-0.1, -0.05) is 32.0 Å². The number of amides is 1. The van der Waals surface area contributed by atoms with Gasteiger partial charge in [0.15, 0.2) is 0 Å². The predicted molar refractivity (Wildman–Crippen MR) is 106 cm³/mol. The number of anilines is 1. The molecule has 0 spiro atoms. The number of sulfonamides is 1. The minimum absolute atomic E-state index is 0.180. The van der Waals surface area contributed by atoms with E-state index in [0.29, 0.717) is 6.54 Å². The highest BCUT2D eigenvalue weighted by Gasteiger charge is 2.28. The first kappa shape index (κ1) is 20.4. The second kappa shape index (κ2) is 8.66. The van der Waals surface area contributed by atoms with Gasteiger partial charge in [-0.3, -0.25) is 4.79 Å². The number of benzene rings is 1. The van der Waals surface area contributed by atoms with Gasteiger partial charge in [0.05, 0.1) is 0 Å². The van der Waals surface area contributed by atoms with E-state index in [2.05, 4.69) is 10.0 Å². The lowest BCUT2D eigenvalue weighted by Gasteiger charge is -2.21. The van der Waals surface area contributed by atoms with E-state index in [1.165, 1.54) is 6.07 Å². The van der Waals surface area contributed by atoms with Gasteiger partial charge in [0.2, 0.25) is 5.91 Å². The second-order valence-corrected chi connectivity index (χ2v) is 9.44. The first-order valence-corrected chi connectivity index (χ1v) is 10.7. The summed E-state index contributed by atoms with van der Waals surface area (Å²) in [7, 11) is 0.222. The van der Waals surface area contributed by atoms with Crippen LogP contribution in [0.5, 0.6) is 0 Å². The monoisotopic (exact) mass is 395 g/mol. The van der Waals surface area contributed by atoms with Crippen molar-refractivity contribution in [3.05, 3.63) is 47.3 Å². The zero-order chi connectivity index (χ0) is 19.3. The summed E-state index contributed by atoms with van der Waals surface area (Å²) < 4.78 is 27.5. The van der Waals surface area contributed by atoms with Gasteiger partial charge in [0.1, 0.15) is 10.3 Å². The van der Waals surface area contributed by atoms with Crippen molar-refractivity contribution in [2.75, 3.05) is 19.0 Å². The fraction of sp³-hybridized carbons (Fsp3) is 0.389. The van der Waals surface area contributed by atoms with Crippen LogP contribution in [-0.2, 0) is 21.4 Å². The summed E-state index contributed by atoms with van der Waals surface area (Å²) in [4.78, 5) is 14.5. The standard InChI is InChI=1S/C18H25N3O3S2/c1-13(2)17(20-26(23,24)16-6-5-11-25-16)18(22)19-12-14-7-9-15(10-8-14)21(3)4/h5-11,13,17,20H,12H2,1-4H3,(H,19,22). The van der Waals surface area contributed by atoms with Crippen LogP contribution in [0.25, 0.3) is 0 Å². The van der Waals surface area contributed by atoms with E-state index in [1.54, 1.807) is 11.4 Å². The number of rotatable bonds is 8. The fourth-order valence-electron chi connectivity index (χ4n) is 2.35. The topological polar surface area (TPSA) is 78.5 Å². The van der Waals surface area contributed by atoms with Crippen LogP contribution < -0.4 is 14.9 Å². The Morgan fingerprint density at radius 3 is 2.31 bits per heavy atom. The van der Waals surface area contributed by atoms with Crippen molar-refractivity contribution in [2.45, 2.75) is 30.6 Å². The largest absolute Gasteiger partial charge is 0.378 e. The molecule has 0 aliphatic carbocycles. The molecule has 2 N–H and O–H groups in total. The maximum Gasteiger partial charge on any atom is 0.250 e. The van der Waals surface area contributed by atoms with Crippen molar-refractivity contribution >= 4 is 33.0 Å². The number of hydrogen-bond acceptors (Lipinski definition) is 5. The van der Waals surface area contributed by atoms with Gasteiger partial charge in [-0.2, -0.15) is 4.72 Å². The Labute approximate surface area is 159 Å². The molecule has 0 aliphatic rings. The molecule has 0 fully saturated rings. The fourth-order valence-corrected chi connectivity index (χ4v) is 4.70. The number of nitrogens with zero attached hydrogens (tertiary/aromatic N) is 1. The maximum atomic E-state index is 12.5. The molecular formula is C18H25N3O3S2. The number of carbonyl (C=O) groups is 1. The molecule has 2 aromatic rings. The molecule has 1 unspecified atom stereocenters. The number of hydrogen-bond donors (Lipinski definition) is 2. The van der Waals surface area contributed by atoms with E-state index in [1.807, 2.05) is 57.1 Å². The van der Waals surface area contributed by atoms with E-state index < -0.39 is 16.1 Å². The quantitative estimate of drug-likeness (QED) is 0.720. The van der Waals surface area contributed by atoms with E-state index in [-0.39, 0.29) is 16.0 Å². The third-order valence-electron chi connectivity index (χ3n) is 3.91. The lowest BCUT2D eigenvalue weighted by molar-refractivity contribution is -0.123. The molecule has 8 heteroatoms. The molecule has 0 saturated carbocycles. The van der Waals surface area contributed by atoms with Crippen LogP contribution >= 0.6 is 11.3 Å². The molecule has 2 rings (SSSR count). The van der Waals surface area contributed by atoms with Crippen LogP contribution in [0.2, 0.25) is 0 Å². The Balaban J connectivity index is 2.02. The molecule has 0 bridgehead atoms. The Morgan fingerprint density at radius 1 is 1.15 bits per heavy atom. The minimum atomic E-state index is -3.70. The number of thiophene rings is 1. The average Bonchev–Trinajstić information content (AvgIpc) is 3.13. The molecule has 0 saturated heterocycles. The molecule has 0 aliphatic heterocycles. The van der Waals surface area contributed by atoms with Crippen molar-refractivity contribution in [1.29, 1.82) is 0 Å². The van der Waals surface area contributed by atoms with Gasteiger partial charge in [0, 0.05) is 26.3 Å². The summed E-state index contributed by atoms with van der Waals surface area (Å²) >= 11 is 1.12. The minimum Gasteiger partial charge on any atom is -0.378 e. The molecule has 1 aromatic heterocycles. The highest BCUT2D eigenvalue weighted by molar-refractivity contribution is 7.91. The number of nitrogens with one attached hydrogen (secondary N) is 2. The highest BCUT2D eigenvalue weighted by Crippen LogP contribution is 2.17. The molecule has 1 aromatic carbocycles. The van der Waals surface area contributed by atoms with Crippen molar-refractivity contribution in [3.8, 4) is 0 Å². The van der Waals surface area contributed by atoms with Crippen molar-refractivity contribution in [1.82, 2.24) is 10.0 Å². The van der Waals surface area contributed by atoms with Gasteiger partial charge >= 0.3 is 0 Å². The van der Waals surface area contributed by atoms with Gasteiger partial charge in [-0.15, -0.1) is 11.3 Å². The summed E-state index contributed by atoms with van der Waals surface area (Å²) in [5.41, 5.74) is 2.02. The van der Waals surface area contributed by atoms with Gasteiger partial charge in [-0.25, -0.2) is 8.42 Å². The smallest absolute Gasteiger partial charge is 0.250 e. The van der Waals surface area contributed by atoms with Gasteiger partial charge < -0.3 is 10.2 Å².